The molecule has 798 valence electrons. The third-order valence-electron chi connectivity index (χ3n) is 18.1. The highest BCUT2D eigenvalue weighted by Gasteiger charge is 2.21. The monoisotopic (exact) mass is 2030 g/mol. The van der Waals surface area contributed by atoms with Crippen LogP contribution in [-0.4, -0.2) is 250 Å². The number of carboxylic acids is 10. The Morgan fingerprint density at radius 2 is 0.497 bits per heavy atom. The maximum atomic E-state index is 10.3. The molecule has 0 bridgehead atoms. The summed E-state index contributed by atoms with van der Waals surface area (Å²) in [6.45, 7) is 6.50. The zero-order valence-electron chi connectivity index (χ0n) is 81.2. The van der Waals surface area contributed by atoms with E-state index in [1.807, 2.05) is 92.7 Å². The molecule has 0 fully saturated rings. The fourth-order valence-corrected chi connectivity index (χ4v) is 9.66. The van der Waals surface area contributed by atoms with Crippen LogP contribution in [0.5, 0.6) is 0 Å². The van der Waals surface area contributed by atoms with Crippen LogP contribution in [-0.2, 0) is 60.8 Å². The van der Waals surface area contributed by atoms with Crippen LogP contribution in [0.2, 0.25) is 0 Å². The molecule has 33 N–H and O–H groups in total. The number of aryl methyl sites for hydroxylation is 2. The van der Waals surface area contributed by atoms with Crippen LogP contribution in [0.25, 0.3) is 0 Å². The van der Waals surface area contributed by atoms with Gasteiger partial charge in [-0.1, -0.05) is 229 Å². The van der Waals surface area contributed by atoms with Gasteiger partial charge in [-0.05, 0) is 167 Å². The number of hydrogen-bond donors (Lipinski definition) is 27. The molecule has 145 heavy (non-hydrogen) atoms. The average molecular weight is 2040 g/mol. The smallest absolute Gasteiger partial charge is 0.338 e. The quantitative estimate of drug-likeness (QED) is 0.0131. The zero-order valence-corrected chi connectivity index (χ0v) is 81.2. The van der Waals surface area contributed by atoms with Crippen LogP contribution in [0.1, 0.15) is 231 Å². The van der Waals surface area contributed by atoms with Gasteiger partial charge in [0.25, 0.3) is 0 Å². The molecule has 8 aromatic rings. The molecule has 0 saturated carbocycles. The van der Waals surface area contributed by atoms with E-state index in [9.17, 15) is 47.9 Å². The van der Waals surface area contributed by atoms with Gasteiger partial charge in [-0.3, -0.25) is 34.1 Å². The number of carbonyl (C=O) groups is 10. The molecule has 0 aliphatic heterocycles. The third-order valence-corrected chi connectivity index (χ3v) is 18.1. The first kappa shape index (κ1) is 141. The molecule has 0 saturated heterocycles. The molecule has 0 amide bonds. The Balaban J connectivity index is -0.000000359. The first-order valence-electron chi connectivity index (χ1n) is 45.4. The van der Waals surface area contributed by atoms with Gasteiger partial charge in [-0.15, -0.1) is 0 Å². The highest BCUT2D eigenvalue weighted by Crippen LogP contribution is 2.16. The maximum absolute atomic E-state index is 10.3. The van der Waals surface area contributed by atoms with Crippen molar-refractivity contribution in [2.75, 3.05) is 19.8 Å². The van der Waals surface area contributed by atoms with Gasteiger partial charge in [-0.25, -0.2) is 28.8 Å². The third kappa shape index (κ3) is 83.8. The van der Waals surface area contributed by atoms with Crippen molar-refractivity contribution in [1.29, 1.82) is 21.0 Å². The lowest BCUT2D eigenvalue weighted by Gasteiger charge is -2.04. The van der Waals surface area contributed by atoms with Crippen LogP contribution in [0.3, 0.4) is 0 Å². The summed E-state index contributed by atoms with van der Waals surface area (Å²) < 4.78 is 0. The van der Waals surface area contributed by atoms with Crippen molar-refractivity contribution in [2.24, 2.45) is 34.4 Å². The SMILES string of the molecule is CCCCC(N)C#N.CCCC[C@@H](N)C(=O)O.CCCC[C@H](N)C(=O)O.N#CC(N)CCCCO.N#CC(O)c1ccccc1.N#CC(O)c1ccccn1.N[C@@H](CCCCO)C(=O)O.N[C@H](CCCCO)C(=O)O.O=C(O)[C@@H](O)CCc1ccccc1.O=C(O)[C@@H](O)c1ccccc1.O=C(O)[C@@H](O)c1ccccn1.O=C(O)[C@H](O)CCc1ccccc1.O=C(O)[C@H](O)c1ccccc1.O=C(O)[C@H](O)c1ccccn1. The second kappa shape index (κ2) is 94.4. The molecule has 0 spiro atoms. The Morgan fingerprint density at radius 1 is 0.262 bits per heavy atom. The predicted octanol–water partition coefficient (Wildman–Crippen LogP) is 7.35. The van der Waals surface area contributed by atoms with Crippen LogP contribution >= 0.6 is 0 Å². The lowest BCUT2D eigenvalue weighted by atomic mass is 10.1. The number of hydrogen-bond acceptors (Lipinski definition) is 34. The van der Waals surface area contributed by atoms with Gasteiger partial charge in [0.05, 0.1) is 47.4 Å². The first-order valence-corrected chi connectivity index (χ1v) is 45.4. The number of aliphatic carboxylic acids is 10. The topological polar surface area (TPSA) is 885 Å². The summed E-state index contributed by atoms with van der Waals surface area (Å²) in [5, 5.41) is 213. The Bertz CT molecular complexity index is 4430. The summed E-state index contributed by atoms with van der Waals surface area (Å²) in [6.07, 6.45) is 9.43. The normalized spacial score (nSPS) is 12.6. The highest BCUT2D eigenvalue weighted by atomic mass is 16.4. The van der Waals surface area contributed by atoms with E-state index in [2.05, 4.69) is 21.9 Å². The molecule has 0 aliphatic carbocycles. The molecule has 44 heteroatoms. The molecule has 0 radical (unpaired) electrons. The summed E-state index contributed by atoms with van der Waals surface area (Å²) in [5.74, 6) is -11.1. The van der Waals surface area contributed by atoms with E-state index in [0.717, 1.165) is 68.9 Å². The molecular formula is C101H143N13O31. The van der Waals surface area contributed by atoms with Gasteiger partial charge in [0.15, 0.2) is 48.8 Å². The van der Waals surface area contributed by atoms with E-state index < -0.39 is 133 Å². The number of pyridine rings is 3. The van der Waals surface area contributed by atoms with Gasteiger partial charge in [-0.2, -0.15) is 21.0 Å². The van der Waals surface area contributed by atoms with E-state index in [-0.39, 0.29) is 56.1 Å². The minimum absolute atomic E-state index is 0.104. The largest absolute Gasteiger partial charge is 0.480 e. The summed E-state index contributed by atoms with van der Waals surface area (Å²) >= 11 is 0. The van der Waals surface area contributed by atoms with Crippen molar-refractivity contribution in [2.45, 2.75) is 247 Å². The van der Waals surface area contributed by atoms with Gasteiger partial charge < -0.3 is 142 Å². The fraction of sp³-hybridized carbons (Fsp3) is 0.416. The van der Waals surface area contributed by atoms with Gasteiger partial charge in [0.2, 0.25) is 0 Å². The molecular weight excluding hydrogens is 1890 g/mol. The predicted molar refractivity (Wildman–Crippen MR) is 531 cm³/mol. The van der Waals surface area contributed by atoms with Crippen LogP contribution in [0.4, 0.5) is 0 Å². The van der Waals surface area contributed by atoms with Gasteiger partial charge in [0, 0.05) is 38.4 Å². The van der Waals surface area contributed by atoms with Crippen molar-refractivity contribution in [3.63, 3.8) is 0 Å². The molecule has 0 aliphatic rings. The Hall–Kier alpha value is -14.5. The summed E-state index contributed by atoms with van der Waals surface area (Å²) in [4.78, 5) is 113. The number of benzene rings is 5. The molecule has 8 rings (SSSR count). The van der Waals surface area contributed by atoms with Crippen molar-refractivity contribution in [3.8, 4) is 24.3 Å². The van der Waals surface area contributed by atoms with Crippen LogP contribution < -0.4 is 34.4 Å². The first-order chi connectivity index (χ1) is 68.8. The maximum Gasteiger partial charge on any atom is 0.338 e. The molecule has 3 aromatic heterocycles. The Labute approximate surface area is 842 Å². The lowest BCUT2D eigenvalue weighted by Crippen LogP contribution is -2.29. The van der Waals surface area contributed by atoms with Crippen molar-refractivity contribution in [1.82, 2.24) is 15.0 Å². The number of carboxylic acid groups (broad SMARTS) is 10. The number of aromatic nitrogens is 3. The number of aliphatic hydroxyl groups is 11. The molecule has 14 atom stereocenters. The summed E-state index contributed by atoms with van der Waals surface area (Å²) in [7, 11) is 0. The number of nitriles is 4. The second-order valence-corrected chi connectivity index (χ2v) is 30.1. The Kier molecular flexibility index (Phi) is 92.0. The number of nitrogens with two attached hydrogens (primary N) is 6. The molecule has 44 nitrogen and oxygen atoms in total. The summed E-state index contributed by atoms with van der Waals surface area (Å²) in [5.41, 5.74) is 35.6. The van der Waals surface area contributed by atoms with E-state index >= 15 is 0 Å². The summed E-state index contributed by atoms with van der Waals surface area (Å²) in [6, 6.07) is 62.7. The standard InChI is InChI=1S/2C10H12O3.C8H7NO.2C8H8O3.C7H6N2O.2C7H7NO3.C6H12N2O.C6H12N2.2C6H13NO3.2C6H13NO2/c2*11-9(10(12)13)7-6-8-4-2-1-3-5-8;9-6-8(10)7-4-2-1-3-5-7;2*9-7(8(10)11)6-4-2-1-3-5-6;8-5-7(10)6-3-1-2-4-9-6;2*9-6(7(10)11)5-3-1-2-4-8-5;7-5-6(8)3-1-2-4-9;1-2-3-4-6(8)5-7;2*7-5(6(9)10)3-1-2-4-8;2*1-2-3-4-5(7)6(8)9/h2*1-5,9,11H,6-7H2,(H,12,13);1-5,8,10H;2*1-5,7,9H,(H,10,11);1-4,7,10H;2*1-4,6,9H,(H,10,11);6,9H,1-4,8H2;6H,2-4,8H2,1H3;2*5,8H,1-4,7H2,(H,9,10);2*5H,2-4,7H2,1H3,(H,8,9)/t2*9-;;2*7-;;2*6-;;;4*5-/m10.10.10..1010/s1. The Morgan fingerprint density at radius 3 is 0.724 bits per heavy atom. The number of aliphatic hydroxyl groups excluding tert-OH is 11. The molecule has 5 aromatic carbocycles. The minimum atomic E-state index is -1.52. The van der Waals surface area contributed by atoms with Crippen LogP contribution in [0, 0.1) is 45.3 Å². The molecule has 3 heterocycles. The second-order valence-electron chi connectivity index (χ2n) is 30.1. The van der Waals surface area contributed by atoms with Crippen molar-refractivity contribution >= 4 is 59.7 Å². The van der Waals surface area contributed by atoms with Gasteiger partial charge in [0.1, 0.15) is 30.2 Å². The van der Waals surface area contributed by atoms with E-state index in [1.54, 1.807) is 140 Å². The van der Waals surface area contributed by atoms with E-state index in [1.165, 1.54) is 30.7 Å². The fourth-order valence-electron chi connectivity index (χ4n) is 9.66. The van der Waals surface area contributed by atoms with Crippen molar-refractivity contribution < 1.29 is 155 Å². The minimum Gasteiger partial charge on any atom is -0.480 e. The lowest BCUT2D eigenvalue weighted by molar-refractivity contribution is -0.148. The van der Waals surface area contributed by atoms with E-state index in [4.69, 9.17) is 163 Å². The van der Waals surface area contributed by atoms with Crippen molar-refractivity contribution in [3.05, 3.63) is 270 Å². The van der Waals surface area contributed by atoms with Gasteiger partial charge >= 0.3 is 59.7 Å². The van der Waals surface area contributed by atoms with Crippen LogP contribution in [0.15, 0.2) is 225 Å². The number of rotatable bonds is 43. The highest BCUT2D eigenvalue weighted by molar-refractivity contribution is 5.76. The van der Waals surface area contributed by atoms with E-state index in [0.29, 0.717) is 93.0 Å². The molecule has 4 unspecified atom stereocenters. The average Bonchev–Trinajstić information content (AvgIpc) is 0.912. The number of nitrogens with zero attached hydrogens (tertiary/aromatic N) is 7. The zero-order chi connectivity index (χ0) is 111. The number of unbranched alkanes of at least 4 members (excludes halogenated alkanes) is 6.